The minimum Gasteiger partial charge on any atom is -0.494 e. The van der Waals surface area contributed by atoms with Gasteiger partial charge >= 0.3 is 11.9 Å². The molecular formula is C34H50O5. The Morgan fingerprint density at radius 1 is 0.615 bits per heavy atom. The van der Waals surface area contributed by atoms with Gasteiger partial charge in [-0.3, -0.25) is 0 Å². The number of rotatable bonds is 20. The van der Waals surface area contributed by atoms with E-state index in [0.29, 0.717) is 36.0 Å². The van der Waals surface area contributed by atoms with Crippen LogP contribution in [0.4, 0.5) is 0 Å². The lowest BCUT2D eigenvalue weighted by molar-refractivity contribution is 0.0483. The molecule has 0 radical (unpaired) electrons. The van der Waals surface area contributed by atoms with E-state index < -0.39 is 5.97 Å². The Labute approximate surface area is 236 Å². The fraction of sp³-hybridized carbons (Fsp3) is 0.588. The SMILES string of the molecule is CCCCCCCCCCOc1ccc(C(=O)Oc2ccc(C(=O)OCCC(C)CCCC(C)C)cc2)cc1. The van der Waals surface area contributed by atoms with Crippen LogP contribution in [-0.4, -0.2) is 25.2 Å². The summed E-state index contributed by atoms with van der Waals surface area (Å²) in [4.78, 5) is 24.9. The number of esters is 2. The van der Waals surface area contributed by atoms with Gasteiger partial charge in [0, 0.05) is 0 Å². The van der Waals surface area contributed by atoms with Crippen LogP contribution in [0.3, 0.4) is 0 Å². The van der Waals surface area contributed by atoms with Crippen LogP contribution < -0.4 is 9.47 Å². The predicted molar refractivity (Wildman–Crippen MR) is 159 cm³/mol. The Kier molecular flexibility index (Phi) is 16.0. The fourth-order valence-corrected chi connectivity index (χ4v) is 4.39. The fourth-order valence-electron chi connectivity index (χ4n) is 4.39. The highest BCUT2D eigenvalue weighted by molar-refractivity contribution is 5.92. The van der Waals surface area contributed by atoms with E-state index in [1.165, 1.54) is 57.8 Å². The summed E-state index contributed by atoms with van der Waals surface area (Å²) < 4.78 is 16.7. The molecule has 0 aliphatic heterocycles. The van der Waals surface area contributed by atoms with E-state index in [4.69, 9.17) is 14.2 Å². The van der Waals surface area contributed by atoms with Crippen molar-refractivity contribution in [2.45, 2.75) is 105 Å². The van der Waals surface area contributed by atoms with Crippen LogP contribution in [0, 0.1) is 11.8 Å². The number of benzene rings is 2. The van der Waals surface area contributed by atoms with Gasteiger partial charge in [-0.1, -0.05) is 91.9 Å². The second-order valence-electron chi connectivity index (χ2n) is 11.1. The maximum atomic E-state index is 12.5. The van der Waals surface area contributed by atoms with Crippen molar-refractivity contribution >= 4 is 11.9 Å². The molecule has 0 fully saturated rings. The Balaban J connectivity index is 1.66. The second kappa shape index (κ2) is 19.3. The molecule has 0 bridgehead atoms. The van der Waals surface area contributed by atoms with E-state index in [2.05, 4.69) is 27.7 Å². The van der Waals surface area contributed by atoms with Gasteiger partial charge in [0.1, 0.15) is 11.5 Å². The lowest BCUT2D eigenvalue weighted by Gasteiger charge is -2.12. The maximum absolute atomic E-state index is 12.5. The lowest BCUT2D eigenvalue weighted by atomic mass is 9.98. The number of unbranched alkanes of at least 4 members (excludes halogenated alkanes) is 7. The highest BCUT2D eigenvalue weighted by Crippen LogP contribution is 2.19. The number of carbonyl (C=O) groups is 2. The van der Waals surface area contributed by atoms with Gasteiger partial charge < -0.3 is 14.2 Å². The average Bonchev–Trinajstić information content (AvgIpc) is 2.92. The van der Waals surface area contributed by atoms with Crippen molar-refractivity contribution in [3.8, 4) is 11.5 Å². The van der Waals surface area contributed by atoms with Gasteiger partial charge in [0.15, 0.2) is 0 Å². The average molecular weight is 539 g/mol. The number of hydrogen-bond donors (Lipinski definition) is 0. The number of hydrogen-bond acceptors (Lipinski definition) is 5. The van der Waals surface area contributed by atoms with Crippen molar-refractivity contribution in [1.29, 1.82) is 0 Å². The molecule has 5 heteroatoms. The van der Waals surface area contributed by atoms with Gasteiger partial charge in [0.2, 0.25) is 0 Å². The molecule has 5 nitrogen and oxygen atoms in total. The largest absolute Gasteiger partial charge is 0.494 e. The molecule has 39 heavy (non-hydrogen) atoms. The van der Waals surface area contributed by atoms with Gasteiger partial charge in [-0.05, 0) is 73.2 Å². The highest BCUT2D eigenvalue weighted by atomic mass is 16.5. The normalized spacial score (nSPS) is 11.8. The van der Waals surface area contributed by atoms with E-state index in [1.54, 1.807) is 48.5 Å². The summed E-state index contributed by atoms with van der Waals surface area (Å²) in [6.07, 6.45) is 14.6. The molecule has 1 unspecified atom stereocenters. The molecule has 1 atom stereocenters. The van der Waals surface area contributed by atoms with Gasteiger partial charge in [-0.25, -0.2) is 9.59 Å². The first-order chi connectivity index (χ1) is 18.9. The monoisotopic (exact) mass is 538 g/mol. The summed E-state index contributed by atoms with van der Waals surface area (Å²) in [5, 5.41) is 0. The highest BCUT2D eigenvalue weighted by Gasteiger charge is 2.12. The van der Waals surface area contributed by atoms with Crippen molar-refractivity contribution < 1.29 is 23.8 Å². The van der Waals surface area contributed by atoms with Gasteiger partial charge in [0.25, 0.3) is 0 Å². The quantitative estimate of drug-likeness (QED) is 0.0954. The van der Waals surface area contributed by atoms with Gasteiger partial charge in [-0.15, -0.1) is 0 Å². The Morgan fingerprint density at radius 2 is 1.18 bits per heavy atom. The minimum atomic E-state index is -0.452. The number of carbonyl (C=O) groups excluding carboxylic acids is 2. The Morgan fingerprint density at radius 3 is 1.79 bits per heavy atom. The Bertz CT molecular complexity index is 933. The van der Waals surface area contributed by atoms with Crippen LogP contribution in [-0.2, 0) is 4.74 Å². The zero-order chi connectivity index (χ0) is 28.3. The molecule has 2 rings (SSSR count). The first-order valence-electron chi connectivity index (χ1n) is 15.1. The van der Waals surface area contributed by atoms with Gasteiger partial charge in [0.05, 0.1) is 24.3 Å². The molecule has 0 aromatic heterocycles. The third-order valence-corrected chi connectivity index (χ3v) is 6.98. The van der Waals surface area contributed by atoms with Crippen LogP contribution in [0.25, 0.3) is 0 Å². The zero-order valence-electron chi connectivity index (χ0n) is 24.7. The molecular weight excluding hydrogens is 488 g/mol. The van der Waals surface area contributed by atoms with Gasteiger partial charge in [-0.2, -0.15) is 0 Å². The topological polar surface area (TPSA) is 61.8 Å². The van der Waals surface area contributed by atoms with Crippen molar-refractivity contribution in [2.24, 2.45) is 11.8 Å². The first kappa shape index (κ1) is 32.4. The molecule has 0 aliphatic rings. The molecule has 0 spiro atoms. The summed E-state index contributed by atoms with van der Waals surface area (Å²) in [5.41, 5.74) is 0.890. The molecule has 0 amide bonds. The molecule has 0 N–H and O–H groups in total. The maximum Gasteiger partial charge on any atom is 0.343 e. The Hall–Kier alpha value is -2.82. The lowest BCUT2D eigenvalue weighted by Crippen LogP contribution is -2.10. The van der Waals surface area contributed by atoms with E-state index in [0.717, 1.165) is 30.9 Å². The first-order valence-corrected chi connectivity index (χ1v) is 15.1. The zero-order valence-corrected chi connectivity index (χ0v) is 24.7. The van der Waals surface area contributed by atoms with Crippen LogP contribution in [0.15, 0.2) is 48.5 Å². The van der Waals surface area contributed by atoms with E-state index in [-0.39, 0.29) is 5.97 Å². The van der Waals surface area contributed by atoms with Crippen molar-refractivity contribution in [1.82, 2.24) is 0 Å². The summed E-state index contributed by atoms with van der Waals surface area (Å²) in [6, 6.07) is 13.5. The van der Waals surface area contributed by atoms with Crippen LogP contribution in [0.2, 0.25) is 0 Å². The molecule has 0 heterocycles. The summed E-state index contributed by atoms with van der Waals surface area (Å²) in [5.74, 6) is 1.59. The van der Waals surface area contributed by atoms with E-state index in [1.807, 2.05) is 0 Å². The summed E-state index contributed by atoms with van der Waals surface area (Å²) in [7, 11) is 0. The van der Waals surface area contributed by atoms with Crippen LogP contribution in [0.5, 0.6) is 11.5 Å². The third-order valence-electron chi connectivity index (χ3n) is 6.98. The van der Waals surface area contributed by atoms with E-state index in [9.17, 15) is 9.59 Å². The number of ether oxygens (including phenoxy) is 3. The molecule has 0 aliphatic carbocycles. The smallest absolute Gasteiger partial charge is 0.343 e. The summed E-state index contributed by atoms with van der Waals surface area (Å²) >= 11 is 0. The molecule has 2 aromatic carbocycles. The second-order valence-corrected chi connectivity index (χ2v) is 11.1. The van der Waals surface area contributed by atoms with Crippen LogP contribution >= 0.6 is 0 Å². The van der Waals surface area contributed by atoms with E-state index >= 15 is 0 Å². The van der Waals surface area contributed by atoms with Crippen molar-refractivity contribution in [3.05, 3.63) is 59.7 Å². The molecule has 2 aromatic rings. The van der Waals surface area contributed by atoms with Crippen molar-refractivity contribution in [2.75, 3.05) is 13.2 Å². The third kappa shape index (κ3) is 14.2. The predicted octanol–water partition coefficient (Wildman–Crippen LogP) is 9.43. The van der Waals surface area contributed by atoms with Crippen LogP contribution in [0.1, 0.15) is 125 Å². The minimum absolute atomic E-state index is 0.357. The molecule has 0 saturated carbocycles. The molecule has 216 valence electrons. The summed E-state index contributed by atoms with van der Waals surface area (Å²) in [6.45, 7) is 10.0. The standard InChI is InChI=1S/C34H50O5/c1-5-6-7-8-9-10-11-12-25-37-31-20-16-30(17-21-31)34(36)39-32-22-18-29(19-23-32)33(35)38-26-24-28(4)15-13-14-27(2)3/h16-23,27-28H,5-15,24-26H2,1-4H3. The molecule has 0 saturated heterocycles. The van der Waals surface area contributed by atoms with Crippen molar-refractivity contribution in [3.63, 3.8) is 0 Å².